The van der Waals surface area contributed by atoms with E-state index in [1.165, 1.54) is 0 Å². The van der Waals surface area contributed by atoms with Crippen LogP contribution in [0.25, 0.3) is 0 Å². The molecule has 0 radical (unpaired) electrons. The Bertz CT molecular complexity index is 247. The molecule has 1 saturated carbocycles. The highest BCUT2D eigenvalue weighted by Gasteiger charge is 2.35. The minimum Gasteiger partial charge on any atom is -0.444 e. The van der Waals surface area contributed by atoms with E-state index in [4.69, 9.17) is 10.5 Å². The van der Waals surface area contributed by atoms with E-state index in [1.807, 2.05) is 27.7 Å². The van der Waals surface area contributed by atoms with Gasteiger partial charge in [-0.2, -0.15) is 0 Å². The summed E-state index contributed by atoms with van der Waals surface area (Å²) in [6.07, 6.45) is 2.37. The first-order valence-corrected chi connectivity index (χ1v) is 5.47. The summed E-state index contributed by atoms with van der Waals surface area (Å²) < 4.78 is 5.21. The van der Waals surface area contributed by atoms with Gasteiger partial charge in [0.15, 0.2) is 0 Å². The number of carbonyl (C=O) groups excluding carboxylic acids is 1. The first-order valence-electron chi connectivity index (χ1n) is 5.47. The standard InChI is InChI=1S/C11H22N2O2/c1-10(2,3)15-9(14)13-11(4)6-5-8(12)7-11/h8H,5-7,12H2,1-4H3,(H,13,14)/t8-,11+/m1/s1. The topological polar surface area (TPSA) is 64.3 Å². The van der Waals surface area contributed by atoms with Crippen LogP contribution in [0.1, 0.15) is 47.0 Å². The van der Waals surface area contributed by atoms with E-state index in [0.717, 1.165) is 19.3 Å². The zero-order valence-corrected chi connectivity index (χ0v) is 10.1. The fourth-order valence-electron chi connectivity index (χ4n) is 1.95. The summed E-state index contributed by atoms with van der Waals surface area (Å²) in [6.45, 7) is 7.59. The molecule has 2 atom stereocenters. The number of ether oxygens (including phenoxy) is 1. The molecule has 1 fully saturated rings. The average Bonchev–Trinajstić information content (AvgIpc) is 2.25. The number of rotatable bonds is 1. The van der Waals surface area contributed by atoms with E-state index >= 15 is 0 Å². The molecular weight excluding hydrogens is 192 g/mol. The van der Waals surface area contributed by atoms with E-state index in [0.29, 0.717) is 0 Å². The molecule has 3 N–H and O–H groups in total. The monoisotopic (exact) mass is 214 g/mol. The minimum absolute atomic E-state index is 0.193. The Morgan fingerprint density at radius 1 is 1.53 bits per heavy atom. The van der Waals surface area contributed by atoms with Crippen LogP contribution >= 0.6 is 0 Å². The van der Waals surface area contributed by atoms with Gasteiger partial charge in [-0.1, -0.05) is 0 Å². The van der Waals surface area contributed by atoms with E-state index in [-0.39, 0.29) is 17.7 Å². The highest BCUT2D eigenvalue weighted by atomic mass is 16.6. The highest BCUT2D eigenvalue weighted by molar-refractivity contribution is 5.68. The molecule has 1 rings (SSSR count). The Balaban J connectivity index is 2.45. The zero-order chi connectivity index (χ0) is 11.7. The maximum absolute atomic E-state index is 11.6. The van der Waals surface area contributed by atoms with Crippen molar-refractivity contribution in [3.8, 4) is 0 Å². The predicted octanol–water partition coefficient (Wildman–Crippen LogP) is 1.78. The van der Waals surface area contributed by atoms with Crippen molar-refractivity contribution in [1.29, 1.82) is 0 Å². The molecule has 0 aromatic heterocycles. The molecule has 0 aliphatic heterocycles. The summed E-state index contributed by atoms with van der Waals surface area (Å²) in [6, 6.07) is 0.199. The maximum Gasteiger partial charge on any atom is 0.408 e. The summed E-state index contributed by atoms with van der Waals surface area (Å²) in [7, 11) is 0. The van der Waals surface area contributed by atoms with Crippen molar-refractivity contribution in [2.75, 3.05) is 0 Å². The van der Waals surface area contributed by atoms with Gasteiger partial charge in [0.1, 0.15) is 5.60 Å². The highest BCUT2D eigenvalue weighted by Crippen LogP contribution is 2.28. The second-order valence-electron chi connectivity index (χ2n) is 5.69. The Hall–Kier alpha value is -0.770. The largest absolute Gasteiger partial charge is 0.444 e. The predicted molar refractivity (Wildman–Crippen MR) is 59.6 cm³/mol. The van der Waals surface area contributed by atoms with Crippen LogP contribution in [0.3, 0.4) is 0 Å². The normalized spacial score (nSPS) is 31.4. The van der Waals surface area contributed by atoms with Gasteiger partial charge in [0.05, 0.1) is 0 Å². The molecule has 15 heavy (non-hydrogen) atoms. The molecule has 0 spiro atoms. The fourth-order valence-corrected chi connectivity index (χ4v) is 1.95. The van der Waals surface area contributed by atoms with E-state index in [1.54, 1.807) is 0 Å². The number of hydrogen-bond donors (Lipinski definition) is 2. The molecule has 0 aromatic rings. The Morgan fingerprint density at radius 3 is 2.53 bits per heavy atom. The van der Waals surface area contributed by atoms with Gasteiger partial charge < -0.3 is 15.8 Å². The summed E-state index contributed by atoms with van der Waals surface area (Å²) >= 11 is 0. The average molecular weight is 214 g/mol. The lowest BCUT2D eigenvalue weighted by Gasteiger charge is -2.28. The third kappa shape index (κ3) is 4.08. The Kier molecular flexibility index (Phi) is 3.28. The van der Waals surface area contributed by atoms with Gasteiger partial charge >= 0.3 is 6.09 Å². The van der Waals surface area contributed by atoms with Gasteiger partial charge in [-0.25, -0.2) is 4.79 Å². The van der Waals surface area contributed by atoms with Crippen molar-refractivity contribution in [2.45, 2.75) is 64.1 Å². The second kappa shape index (κ2) is 4.00. The number of nitrogens with one attached hydrogen (secondary N) is 1. The van der Waals surface area contributed by atoms with Crippen LogP contribution < -0.4 is 11.1 Å². The van der Waals surface area contributed by atoms with Crippen molar-refractivity contribution in [1.82, 2.24) is 5.32 Å². The van der Waals surface area contributed by atoms with Crippen LogP contribution in [0.5, 0.6) is 0 Å². The number of carbonyl (C=O) groups is 1. The second-order valence-corrected chi connectivity index (χ2v) is 5.69. The van der Waals surface area contributed by atoms with Crippen LogP contribution in [0, 0.1) is 0 Å². The van der Waals surface area contributed by atoms with Gasteiger partial charge in [0.2, 0.25) is 0 Å². The van der Waals surface area contributed by atoms with Crippen molar-refractivity contribution < 1.29 is 9.53 Å². The number of nitrogens with two attached hydrogens (primary N) is 1. The fraction of sp³-hybridized carbons (Fsp3) is 0.909. The lowest BCUT2D eigenvalue weighted by molar-refractivity contribution is 0.0466. The first kappa shape index (κ1) is 12.3. The van der Waals surface area contributed by atoms with Gasteiger partial charge in [-0.3, -0.25) is 0 Å². The molecule has 0 unspecified atom stereocenters. The van der Waals surface area contributed by atoms with E-state index < -0.39 is 5.60 Å². The lowest BCUT2D eigenvalue weighted by Crippen LogP contribution is -2.46. The van der Waals surface area contributed by atoms with Crippen LogP contribution in [-0.2, 0) is 4.74 Å². The molecule has 0 aromatic carbocycles. The molecular formula is C11H22N2O2. The van der Waals surface area contributed by atoms with Crippen LogP contribution in [0.15, 0.2) is 0 Å². The SMILES string of the molecule is CC(C)(C)OC(=O)N[C@@]1(C)CC[C@@H](N)C1. The third-order valence-electron chi connectivity index (χ3n) is 2.58. The molecule has 88 valence electrons. The summed E-state index contributed by atoms with van der Waals surface area (Å²) in [4.78, 5) is 11.6. The molecule has 0 bridgehead atoms. The molecule has 1 aliphatic carbocycles. The number of alkyl carbamates (subject to hydrolysis) is 1. The first-order chi connectivity index (χ1) is 6.70. The summed E-state index contributed by atoms with van der Waals surface area (Å²) in [5, 5.41) is 2.90. The number of amides is 1. The minimum atomic E-state index is -0.443. The van der Waals surface area contributed by atoms with Gasteiger partial charge in [0.25, 0.3) is 0 Å². The Morgan fingerprint density at radius 2 is 2.13 bits per heavy atom. The van der Waals surface area contributed by atoms with Crippen LogP contribution in [0.4, 0.5) is 4.79 Å². The quantitative estimate of drug-likeness (QED) is 0.699. The van der Waals surface area contributed by atoms with Crippen molar-refractivity contribution in [2.24, 2.45) is 5.73 Å². The van der Waals surface area contributed by atoms with Gasteiger partial charge in [-0.15, -0.1) is 0 Å². The summed E-state index contributed by atoms with van der Waals surface area (Å²) in [5.41, 5.74) is 5.19. The van der Waals surface area contributed by atoms with Crippen molar-refractivity contribution >= 4 is 6.09 Å². The smallest absolute Gasteiger partial charge is 0.408 e. The van der Waals surface area contributed by atoms with Crippen molar-refractivity contribution in [3.05, 3.63) is 0 Å². The molecule has 0 heterocycles. The molecule has 4 heteroatoms. The zero-order valence-electron chi connectivity index (χ0n) is 10.1. The molecule has 1 aliphatic rings. The number of hydrogen-bond acceptors (Lipinski definition) is 3. The molecule has 4 nitrogen and oxygen atoms in total. The van der Waals surface area contributed by atoms with E-state index in [9.17, 15) is 4.79 Å². The third-order valence-corrected chi connectivity index (χ3v) is 2.58. The van der Waals surface area contributed by atoms with Gasteiger partial charge in [-0.05, 0) is 47.0 Å². The lowest BCUT2D eigenvalue weighted by atomic mass is 10.0. The van der Waals surface area contributed by atoms with Gasteiger partial charge in [0, 0.05) is 11.6 Å². The van der Waals surface area contributed by atoms with Crippen molar-refractivity contribution in [3.63, 3.8) is 0 Å². The summed E-state index contributed by atoms with van der Waals surface area (Å²) in [5.74, 6) is 0. The Labute approximate surface area is 91.5 Å². The van der Waals surface area contributed by atoms with Crippen LogP contribution in [-0.4, -0.2) is 23.3 Å². The maximum atomic E-state index is 11.6. The van der Waals surface area contributed by atoms with E-state index in [2.05, 4.69) is 5.32 Å². The molecule has 0 saturated heterocycles. The molecule has 1 amide bonds. The van der Waals surface area contributed by atoms with Crippen LogP contribution in [0.2, 0.25) is 0 Å².